The fraction of sp³-hybridized carbons (Fsp3) is 0.591. The number of benzene rings is 1. The lowest BCUT2D eigenvalue weighted by molar-refractivity contribution is -0.121. The predicted molar refractivity (Wildman–Crippen MR) is 119 cm³/mol. The molecule has 0 saturated heterocycles. The van der Waals surface area contributed by atoms with Gasteiger partial charge in [-0.15, -0.1) is 10.2 Å². The number of ether oxygens (including phenoxy) is 1. The standard InChI is InChI=1S/C22H29ClN4O2S/c1-13(19-11-15-4-5-16(19)10-15)24-21(28)14(2)30-22-26-25-20(27(22)3)12-29-18-8-6-17(23)7-9-18/h6-9,13-16,19H,4-5,10-12H2,1-3H3,(H,24,28). The first-order valence-corrected chi connectivity index (χ1v) is 11.9. The van der Waals surface area contributed by atoms with Crippen LogP contribution in [0.4, 0.5) is 0 Å². The van der Waals surface area contributed by atoms with Crippen molar-refractivity contribution >= 4 is 29.3 Å². The molecule has 0 radical (unpaired) electrons. The number of nitrogens with one attached hydrogen (secondary N) is 1. The monoisotopic (exact) mass is 448 g/mol. The molecule has 2 fully saturated rings. The highest BCUT2D eigenvalue weighted by Gasteiger charge is 2.42. The SMILES string of the molecule is CC(Sc1nnc(COc2ccc(Cl)cc2)n1C)C(=O)NC(C)C1CC2CCC1C2. The number of carbonyl (C=O) groups is 1. The summed E-state index contributed by atoms with van der Waals surface area (Å²) in [7, 11) is 1.89. The van der Waals surface area contributed by atoms with Crippen LogP contribution in [-0.2, 0) is 18.4 Å². The second-order valence-electron chi connectivity index (χ2n) is 8.60. The van der Waals surface area contributed by atoms with Crippen molar-refractivity contribution in [2.45, 2.75) is 62.6 Å². The van der Waals surface area contributed by atoms with Gasteiger partial charge >= 0.3 is 0 Å². The van der Waals surface area contributed by atoms with Crippen LogP contribution in [0.15, 0.2) is 29.4 Å². The first-order chi connectivity index (χ1) is 14.4. The lowest BCUT2D eigenvalue weighted by Gasteiger charge is -2.29. The highest BCUT2D eigenvalue weighted by atomic mass is 35.5. The normalized spacial score (nSPS) is 24.6. The van der Waals surface area contributed by atoms with Crippen molar-refractivity contribution in [3.8, 4) is 5.75 Å². The van der Waals surface area contributed by atoms with E-state index in [0.717, 1.165) is 17.6 Å². The third-order valence-corrected chi connectivity index (χ3v) is 7.95. The lowest BCUT2D eigenvalue weighted by Crippen LogP contribution is -2.43. The van der Waals surface area contributed by atoms with Gasteiger partial charge in [-0.05, 0) is 75.1 Å². The van der Waals surface area contributed by atoms with Crippen LogP contribution in [0.2, 0.25) is 5.02 Å². The Morgan fingerprint density at radius 2 is 2.03 bits per heavy atom. The number of fused-ring (bicyclic) bond motifs is 2. The quantitative estimate of drug-likeness (QED) is 0.603. The average molecular weight is 449 g/mol. The number of nitrogens with zero attached hydrogens (tertiary/aromatic N) is 3. The minimum atomic E-state index is -0.237. The zero-order valence-corrected chi connectivity index (χ0v) is 19.2. The van der Waals surface area contributed by atoms with Gasteiger partial charge in [0.25, 0.3) is 0 Å². The Kier molecular flexibility index (Phi) is 6.58. The highest BCUT2D eigenvalue weighted by molar-refractivity contribution is 8.00. The van der Waals surface area contributed by atoms with Gasteiger partial charge < -0.3 is 14.6 Å². The van der Waals surface area contributed by atoms with Crippen molar-refractivity contribution in [1.29, 1.82) is 0 Å². The fourth-order valence-corrected chi connectivity index (χ4v) is 5.79. The van der Waals surface area contributed by atoms with Crippen LogP contribution in [0.3, 0.4) is 0 Å². The Morgan fingerprint density at radius 3 is 2.70 bits per heavy atom. The van der Waals surface area contributed by atoms with E-state index >= 15 is 0 Å². The zero-order valence-electron chi connectivity index (χ0n) is 17.7. The van der Waals surface area contributed by atoms with Gasteiger partial charge in [-0.3, -0.25) is 4.79 Å². The van der Waals surface area contributed by atoms with E-state index in [1.165, 1.54) is 37.4 Å². The first-order valence-electron chi connectivity index (χ1n) is 10.6. The topological polar surface area (TPSA) is 69.0 Å². The first kappa shape index (κ1) is 21.5. The van der Waals surface area contributed by atoms with Crippen LogP contribution in [0, 0.1) is 17.8 Å². The maximum atomic E-state index is 12.8. The minimum Gasteiger partial charge on any atom is -0.486 e. The summed E-state index contributed by atoms with van der Waals surface area (Å²) in [5, 5.41) is 12.9. The molecule has 0 aliphatic heterocycles. The summed E-state index contributed by atoms with van der Waals surface area (Å²) in [5.74, 6) is 3.82. The molecule has 0 spiro atoms. The van der Waals surface area contributed by atoms with Crippen molar-refractivity contribution in [1.82, 2.24) is 20.1 Å². The molecule has 5 unspecified atom stereocenters. The molecule has 1 aromatic carbocycles. The van der Waals surface area contributed by atoms with Gasteiger partial charge in [-0.25, -0.2) is 0 Å². The van der Waals surface area contributed by atoms with Gasteiger partial charge in [-0.1, -0.05) is 29.8 Å². The minimum absolute atomic E-state index is 0.0669. The molecule has 5 atom stereocenters. The Bertz CT molecular complexity index is 888. The molecule has 2 aliphatic carbocycles. The molecule has 4 rings (SSSR count). The smallest absolute Gasteiger partial charge is 0.233 e. The maximum Gasteiger partial charge on any atom is 0.233 e. The van der Waals surface area contributed by atoms with Crippen molar-refractivity contribution < 1.29 is 9.53 Å². The highest BCUT2D eigenvalue weighted by Crippen LogP contribution is 2.49. The summed E-state index contributed by atoms with van der Waals surface area (Å²) >= 11 is 7.33. The third-order valence-electron chi connectivity index (χ3n) is 6.56. The van der Waals surface area contributed by atoms with Crippen LogP contribution in [0.25, 0.3) is 0 Å². The van der Waals surface area contributed by atoms with Gasteiger partial charge in [0.1, 0.15) is 12.4 Å². The maximum absolute atomic E-state index is 12.8. The molecule has 2 bridgehead atoms. The average Bonchev–Trinajstić information content (AvgIpc) is 3.45. The van der Waals surface area contributed by atoms with Crippen LogP contribution in [-0.4, -0.2) is 32.0 Å². The Hall–Kier alpha value is -1.73. The number of hydrogen-bond donors (Lipinski definition) is 1. The molecule has 162 valence electrons. The molecule has 6 nitrogen and oxygen atoms in total. The van der Waals surface area contributed by atoms with Gasteiger partial charge in [-0.2, -0.15) is 0 Å². The van der Waals surface area contributed by atoms with E-state index in [4.69, 9.17) is 16.3 Å². The summed E-state index contributed by atoms with van der Waals surface area (Å²) in [6.07, 6.45) is 5.34. The molecular weight excluding hydrogens is 420 g/mol. The van der Waals surface area contributed by atoms with E-state index in [-0.39, 0.29) is 17.2 Å². The van der Waals surface area contributed by atoms with Gasteiger partial charge in [0.15, 0.2) is 11.0 Å². The summed E-state index contributed by atoms with van der Waals surface area (Å²) < 4.78 is 7.64. The van der Waals surface area contributed by atoms with Crippen molar-refractivity contribution in [2.24, 2.45) is 24.8 Å². The molecule has 2 saturated carbocycles. The molecule has 2 aliphatic rings. The van der Waals surface area contributed by atoms with E-state index in [0.29, 0.717) is 28.5 Å². The van der Waals surface area contributed by atoms with E-state index in [9.17, 15) is 4.79 Å². The molecule has 8 heteroatoms. The number of halogens is 1. The van der Waals surface area contributed by atoms with Gasteiger partial charge in [0.05, 0.1) is 5.25 Å². The Balaban J connectivity index is 1.29. The van der Waals surface area contributed by atoms with Crippen LogP contribution >= 0.6 is 23.4 Å². The summed E-state index contributed by atoms with van der Waals surface area (Å²) in [4.78, 5) is 12.8. The number of amides is 1. The molecule has 30 heavy (non-hydrogen) atoms. The van der Waals surface area contributed by atoms with Crippen molar-refractivity contribution in [2.75, 3.05) is 0 Å². The van der Waals surface area contributed by atoms with E-state index in [1.807, 2.05) is 30.7 Å². The molecule has 2 aromatic rings. The van der Waals surface area contributed by atoms with Crippen LogP contribution in [0.1, 0.15) is 45.4 Å². The Morgan fingerprint density at radius 1 is 1.27 bits per heavy atom. The zero-order chi connectivity index (χ0) is 21.3. The van der Waals surface area contributed by atoms with Crippen LogP contribution < -0.4 is 10.1 Å². The van der Waals surface area contributed by atoms with Gasteiger partial charge in [0, 0.05) is 18.1 Å². The van der Waals surface area contributed by atoms with E-state index in [1.54, 1.807) is 12.1 Å². The predicted octanol–water partition coefficient (Wildman–Crippen LogP) is 4.47. The number of rotatable bonds is 8. The summed E-state index contributed by atoms with van der Waals surface area (Å²) in [5.41, 5.74) is 0. The molecule has 1 N–H and O–H groups in total. The lowest BCUT2D eigenvalue weighted by atomic mass is 9.84. The third kappa shape index (κ3) is 4.78. The van der Waals surface area contributed by atoms with E-state index < -0.39 is 0 Å². The summed E-state index contributed by atoms with van der Waals surface area (Å²) in [6.45, 7) is 4.38. The molecule has 1 aromatic heterocycles. The van der Waals surface area contributed by atoms with Gasteiger partial charge in [0.2, 0.25) is 5.91 Å². The Labute approximate surface area is 187 Å². The second-order valence-corrected chi connectivity index (χ2v) is 10.3. The van der Waals surface area contributed by atoms with Crippen LogP contribution in [0.5, 0.6) is 5.75 Å². The number of carbonyl (C=O) groups excluding carboxylic acids is 1. The largest absolute Gasteiger partial charge is 0.486 e. The van der Waals surface area contributed by atoms with E-state index in [2.05, 4.69) is 22.4 Å². The molecule has 1 amide bonds. The molecule has 1 heterocycles. The van der Waals surface area contributed by atoms with Crippen molar-refractivity contribution in [3.63, 3.8) is 0 Å². The molecular formula is C22H29ClN4O2S. The van der Waals surface area contributed by atoms with Crippen molar-refractivity contribution in [3.05, 3.63) is 35.1 Å². The number of thioether (sulfide) groups is 1. The number of aromatic nitrogens is 3. The fourth-order valence-electron chi connectivity index (χ4n) is 4.82. The summed E-state index contributed by atoms with van der Waals surface area (Å²) in [6, 6.07) is 7.44. The second kappa shape index (κ2) is 9.18. The number of hydrogen-bond acceptors (Lipinski definition) is 5.